The summed E-state index contributed by atoms with van der Waals surface area (Å²) in [6, 6.07) is 6.67. The van der Waals surface area contributed by atoms with Gasteiger partial charge in [0, 0.05) is 12.5 Å². The monoisotopic (exact) mass is 302 g/mol. The summed E-state index contributed by atoms with van der Waals surface area (Å²) in [5, 5.41) is 0. The van der Waals surface area contributed by atoms with Crippen molar-refractivity contribution < 1.29 is 14.0 Å². The molecule has 0 aromatic heterocycles. The van der Waals surface area contributed by atoms with Gasteiger partial charge in [0.05, 0.1) is 17.8 Å². The lowest BCUT2D eigenvalue weighted by Gasteiger charge is -2.32. The molecule has 0 N–H and O–H groups in total. The van der Waals surface area contributed by atoms with E-state index in [0.29, 0.717) is 5.92 Å². The van der Waals surface area contributed by atoms with Gasteiger partial charge in [-0.3, -0.25) is 0 Å². The molecule has 0 aliphatic carbocycles. The maximum atomic E-state index is 6.22. The zero-order valence-corrected chi connectivity index (χ0v) is 14.4. The Balaban J connectivity index is 1.88. The minimum Gasteiger partial charge on any atom is -0.399 e. The average molecular weight is 302 g/mol. The average Bonchev–Trinajstić information content (AvgIpc) is 2.69. The van der Waals surface area contributed by atoms with E-state index in [2.05, 4.69) is 52.8 Å². The largest absolute Gasteiger partial charge is 0.495 e. The van der Waals surface area contributed by atoms with Crippen molar-refractivity contribution in [3.63, 3.8) is 0 Å². The lowest BCUT2D eigenvalue weighted by atomic mass is 9.74. The van der Waals surface area contributed by atoms with Gasteiger partial charge in [-0.25, -0.2) is 0 Å². The molecule has 22 heavy (non-hydrogen) atoms. The van der Waals surface area contributed by atoms with Crippen LogP contribution in [0.15, 0.2) is 18.2 Å². The number of hydrogen-bond acceptors (Lipinski definition) is 3. The molecule has 2 aliphatic heterocycles. The van der Waals surface area contributed by atoms with E-state index in [-0.39, 0.29) is 18.3 Å². The maximum absolute atomic E-state index is 6.22. The first-order valence-corrected chi connectivity index (χ1v) is 8.34. The second-order valence-corrected chi connectivity index (χ2v) is 7.62. The Bertz CT molecular complexity index is 531. The lowest BCUT2D eigenvalue weighted by molar-refractivity contribution is 0.00578. The summed E-state index contributed by atoms with van der Waals surface area (Å²) >= 11 is 0. The molecule has 1 atom stereocenters. The summed E-state index contributed by atoms with van der Waals surface area (Å²) in [6.07, 6.45) is 2.34. The number of rotatable bonds is 2. The third-order valence-corrected chi connectivity index (χ3v) is 5.44. The van der Waals surface area contributed by atoms with Gasteiger partial charge >= 0.3 is 7.12 Å². The molecule has 0 radical (unpaired) electrons. The summed E-state index contributed by atoms with van der Waals surface area (Å²) < 4.78 is 18.1. The summed E-state index contributed by atoms with van der Waals surface area (Å²) in [6.45, 7) is 12.2. The predicted octanol–water partition coefficient (Wildman–Crippen LogP) is 3.19. The van der Waals surface area contributed by atoms with E-state index in [1.165, 1.54) is 17.5 Å². The van der Waals surface area contributed by atoms with E-state index >= 15 is 0 Å². The van der Waals surface area contributed by atoms with Crippen molar-refractivity contribution in [2.75, 3.05) is 13.2 Å². The highest BCUT2D eigenvalue weighted by Gasteiger charge is 2.52. The van der Waals surface area contributed by atoms with Gasteiger partial charge in [0.2, 0.25) is 0 Å². The van der Waals surface area contributed by atoms with Crippen LogP contribution >= 0.6 is 0 Å². The Morgan fingerprint density at radius 2 is 1.77 bits per heavy atom. The molecule has 1 aromatic carbocycles. The van der Waals surface area contributed by atoms with Crippen molar-refractivity contribution in [2.24, 2.45) is 0 Å². The van der Waals surface area contributed by atoms with Crippen LogP contribution in [0.2, 0.25) is 0 Å². The minimum atomic E-state index is -0.298. The molecule has 120 valence electrons. The molecule has 0 amide bonds. The van der Waals surface area contributed by atoms with Crippen molar-refractivity contribution in [3.8, 4) is 0 Å². The van der Waals surface area contributed by atoms with Gasteiger partial charge < -0.3 is 14.0 Å². The van der Waals surface area contributed by atoms with Crippen LogP contribution in [-0.2, 0) is 14.0 Å². The fourth-order valence-electron chi connectivity index (χ4n) is 3.14. The van der Waals surface area contributed by atoms with Gasteiger partial charge in [-0.05, 0) is 58.5 Å². The second kappa shape index (κ2) is 5.66. The Labute approximate surface area is 134 Å². The predicted molar refractivity (Wildman–Crippen MR) is 89.7 cm³/mol. The van der Waals surface area contributed by atoms with E-state index in [9.17, 15) is 0 Å². The Kier molecular flexibility index (Phi) is 4.13. The Morgan fingerprint density at radius 1 is 1.09 bits per heavy atom. The maximum Gasteiger partial charge on any atom is 0.495 e. The number of ether oxygens (including phenoxy) is 1. The van der Waals surface area contributed by atoms with E-state index in [0.717, 1.165) is 25.1 Å². The molecule has 1 unspecified atom stereocenters. The second-order valence-electron chi connectivity index (χ2n) is 7.62. The van der Waals surface area contributed by atoms with Crippen LogP contribution in [0.5, 0.6) is 0 Å². The summed E-state index contributed by atoms with van der Waals surface area (Å²) in [5.74, 6) is 0.496. The number of hydrogen-bond donors (Lipinski definition) is 0. The highest BCUT2D eigenvalue weighted by atomic mass is 16.7. The zero-order chi connectivity index (χ0) is 16.0. The van der Waals surface area contributed by atoms with Crippen LogP contribution in [0, 0.1) is 6.92 Å². The summed E-state index contributed by atoms with van der Waals surface area (Å²) in [7, 11) is -0.283. The van der Waals surface area contributed by atoms with Crippen LogP contribution in [0.25, 0.3) is 0 Å². The van der Waals surface area contributed by atoms with Gasteiger partial charge in [0.15, 0.2) is 0 Å². The first-order valence-electron chi connectivity index (χ1n) is 8.34. The normalized spacial score (nSPS) is 27.1. The fraction of sp³-hybridized carbons (Fsp3) is 0.667. The van der Waals surface area contributed by atoms with Gasteiger partial charge in [-0.15, -0.1) is 0 Å². The molecule has 0 saturated carbocycles. The van der Waals surface area contributed by atoms with Crippen molar-refractivity contribution in [3.05, 3.63) is 29.3 Å². The molecule has 2 saturated heterocycles. The van der Waals surface area contributed by atoms with Crippen molar-refractivity contribution in [1.29, 1.82) is 0 Å². The smallest absolute Gasteiger partial charge is 0.399 e. The van der Waals surface area contributed by atoms with Crippen molar-refractivity contribution >= 4 is 12.6 Å². The molecule has 2 aliphatic rings. The molecule has 0 spiro atoms. The van der Waals surface area contributed by atoms with Gasteiger partial charge in [0.25, 0.3) is 0 Å². The summed E-state index contributed by atoms with van der Waals surface area (Å²) in [5.41, 5.74) is 3.12. The van der Waals surface area contributed by atoms with Crippen LogP contribution in [-0.4, -0.2) is 31.5 Å². The van der Waals surface area contributed by atoms with E-state index in [1.54, 1.807) is 0 Å². The standard InChI is InChI=1S/C18H27BO3/c1-13-8-9-14(15-7-6-10-20-12-15)11-16(13)19-21-17(2,3)18(4,5)22-19/h8-9,11,15H,6-7,10,12H2,1-5H3. The van der Waals surface area contributed by atoms with Crippen molar-refractivity contribution in [1.82, 2.24) is 0 Å². The molecule has 2 fully saturated rings. The third-order valence-electron chi connectivity index (χ3n) is 5.44. The molecular weight excluding hydrogens is 275 g/mol. The Hall–Kier alpha value is -0.835. The minimum absolute atomic E-state index is 0.283. The van der Waals surface area contributed by atoms with Crippen LogP contribution in [0.3, 0.4) is 0 Å². The van der Waals surface area contributed by atoms with Crippen molar-refractivity contribution in [2.45, 2.75) is 64.6 Å². The quantitative estimate of drug-likeness (QED) is 0.785. The SMILES string of the molecule is Cc1ccc(C2CCCOC2)cc1B1OC(C)(C)C(C)(C)O1. The van der Waals surface area contributed by atoms with Gasteiger partial charge in [-0.2, -0.15) is 0 Å². The van der Waals surface area contributed by atoms with Gasteiger partial charge in [0.1, 0.15) is 0 Å². The molecule has 4 heteroatoms. The molecule has 3 rings (SSSR count). The topological polar surface area (TPSA) is 27.7 Å². The molecule has 2 heterocycles. The molecule has 3 nitrogen and oxygen atoms in total. The van der Waals surface area contributed by atoms with Crippen LogP contribution in [0.4, 0.5) is 0 Å². The third kappa shape index (κ3) is 2.84. The van der Waals surface area contributed by atoms with Gasteiger partial charge in [-0.1, -0.05) is 23.8 Å². The van der Waals surface area contributed by atoms with Crippen LogP contribution in [0.1, 0.15) is 57.6 Å². The number of aryl methyl sites for hydroxylation is 1. The molecule has 0 bridgehead atoms. The number of benzene rings is 1. The van der Waals surface area contributed by atoms with E-state index < -0.39 is 0 Å². The lowest BCUT2D eigenvalue weighted by Crippen LogP contribution is -2.41. The molecular formula is C18H27BO3. The first-order chi connectivity index (χ1) is 10.3. The van der Waals surface area contributed by atoms with Crippen LogP contribution < -0.4 is 5.46 Å². The van der Waals surface area contributed by atoms with E-state index in [1.807, 2.05) is 0 Å². The van der Waals surface area contributed by atoms with E-state index in [4.69, 9.17) is 14.0 Å². The summed E-state index contributed by atoms with van der Waals surface area (Å²) in [4.78, 5) is 0. The highest BCUT2D eigenvalue weighted by molar-refractivity contribution is 6.62. The fourth-order valence-corrected chi connectivity index (χ4v) is 3.14. The molecule has 1 aromatic rings. The zero-order valence-electron chi connectivity index (χ0n) is 14.4. The highest BCUT2D eigenvalue weighted by Crippen LogP contribution is 2.37. The first kappa shape index (κ1) is 16.0. The Morgan fingerprint density at radius 3 is 2.36 bits per heavy atom.